The lowest BCUT2D eigenvalue weighted by Crippen LogP contribution is -2.43. The van der Waals surface area contributed by atoms with Gasteiger partial charge in [0.05, 0.1) is 27.8 Å². The van der Waals surface area contributed by atoms with E-state index in [1.165, 1.54) is 12.1 Å². The molecule has 0 aromatic heterocycles. The van der Waals surface area contributed by atoms with Crippen molar-refractivity contribution in [1.82, 2.24) is 5.32 Å². The highest BCUT2D eigenvalue weighted by atomic mass is 32.2. The second-order valence-electron chi connectivity index (χ2n) is 7.27. The summed E-state index contributed by atoms with van der Waals surface area (Å²) in [7, 11) is -7.24. The fourth-order valence-corrected chi connectivity index (χ4v) is 8.03. The number of hydrogen-bond acceptors (Lipinski definition) is 6. The average Bonchev–Trinajstić information content (AvgIpc) is 2.96. The minimum atomic E-state index is -3.81. The molecule has 1 N–H and O–H groups in total. The van der Waals surface area contributed by atoms with Gasteiger partial charge in [-0.25, -0.2) is 16.8 Å². The summed E-state index contributed by atoms with van der Waals surface area (Å²) in [6.45, 7) is 4.18. The maximum absolute atomic E-state index is 13.1. The average molecular weight is 424 g/mol. The van der Waals surface area contributed by atoms with E-state index in [0.717, 1.165) is 5.56 Å². The van der Waals surface area contributed by atoms with Crippen LogP contribution in [-0.4, -0.2) is 45.7 Å². The molecule has 3 rings (SSSR count). The molecule has 8 heteroatoms. The summed E-state index contributed by atoms with van der Waals surface area (Å²) in [5.41, 5.74) is 0.970. The molecule has 0 saturated carbocycles. The van der Waals surface area contributed by atoms with E-state index in [1.807, 2.05) is 44.2 Å². The molecule has 0 unspecified atom stereocenters. The lowest BCUT2D eigenvalue weighted by Gasteiger charge is -2.20. The van der Waals surface area contributed by atoms with Gasteiger partial charge in [-0.3, -0.25) is 0 Å². The van der Waals surface area contributed by atoms with Crippen LogP contribution in [0.25, 0.3) is 0 Å². The van der Waals surface area contributed by atoms with Gasteiger partial charge in [-0.2, -0.15) is 0 Å². The topological polar surface area (TPSA) is 89.5 Å². The van der Waals surface area contributed by atoms with Crippen LogP contribution >= 0.6 is 0 Å². The van der Waals surface area contributed by atoms with Crippen LogP contribution in [0.5, 0.6) is 5.75 Å². The van der Waals surface area contributed by atoms with Gasteiger partial charge in [-0.15, -0.1) is 0 Å². The zero-order chi connectivity index (χ0) is 20.4. The Morgan fingerprint density at radius 1 is 1.04 bits per heavy atom. The molecule has 1 aliphatic rings. The minimum absolute atomic E-state index is 0.0194. The van der Waals surface area contributed by atoms with Crippen molar-refractivity contribution in [3.8, 4) is 5.75 Å². The molecule has 1 aliphatic heterocycles. The van der Waals surface area contributed by atoms with Crippen molar-refractivity contribution in [2.75, 3.05) is 11.5 Å². The molecule has 2 atom stereocenters. The summed E-state index contributed by atoms with van der Waals surface area (Å²) < 4.78 is 56.2. The molecular formula is C20H25NO5S2. The third-order valence-corrected chi connectivity index (χ3v) is 8.80. The SMILES string of the molecule is CC(C)Oc1ccc(S(=O)(=O)[C@H]2CS(=O)(=O)C[C@@H]2NCc2ccccc2)cc1. The van der Waals surface area contributed by atoms with Gasteiger partial charge in [0.2, 0.25) is 0 Å². The molecule has 0 amide bonds. The van der Waals surface area contributed by atoms with Crippen molar-refractivity contribution >= 4 is 19.7 Å². The first kappa shape index (κ1) is 20.8. The molecule has 6 nitrogen and oxygen atoms in total. The second kappa shape index (κ2) is 8.23. The quantitative estimate of drug-likeness (QED) is 0.734. The molecular weight excluding hydrogens is 398 g/mol. The molecule has 152 valence electrons. The van der Waals surface area contributed by atoms with Gasteiger partial charge in [-0.1, -0.05) is 30.3 Å². The van der Waals surface area contributed by atoms with Crippen LogP contribution in [0.2, 0.25) is 0 Å². The second-order valence-corrected chi connectivity index (χ2v) is 11.6. The Bertz CT molecular complexity index is 1000. The zero-order valence-corrected chi connectivity index (χ0v) is 17.5. The van der Waals surface area contributed by atoms with Crippen molar-refractivity contribution in [2.45, 2.75) is 42.7 Å². The van der Waals surface area contributed by atoms with E-state index in [2.05, 4.69) is 5.32 Å². The van der Waals surface area contributed by atoms with E-state index in [9.17, 15) is 16.8 Å². The van der Waals surface area contributed by atoms with Crippen molar-refractivity contribution in [1.29, 1.82) is 0 Å². The molecule has 0 aliphatic carbocycles. The summed E-state index contributed by atoms with van der Waals surface area (Å²) in [5.74, 6) is 0.0244. The number of sulfone groups is 2. The maximum Gasteiger partial charge on any atom is 0.183 e. The highest BCUT2D eigenvalue weighted by Crippen LogP contribution is 2.27. The molecule has 0 spiro atoms. The van der Waals surface area contributed by atoms with Crippen molar-refractivity contribution in [2.24, 2.45) is 0 Å². The third kappa shape index (κ3) is 4.92. The Morgan fingerprint density at radius 2 is 1.68 bits per heavy atom. The van der Waals surface area contributed by atoms with Crippen molar-refractivity contribution in [3.63, 3.8) is 0 Å². The predicted octanol–water partition coefficient (Wildman–Crippen LogP) is 2.20. The summed E-state index contributed by atoms with van der Waals surface area (Å²) in [5, 5.41) is 2.12. The van der Waals surface area contributed by atoms with Crippen LogP contribution in [-0.2, 0) is 26.2 Å². The molecule has 0 bridgehead atoms. The number of rotatable bonds is 7. The van der Waals surface area contributed by atoms with Crippen LogP contribution in [0.15, 0.2) is 59.5 Å². The van der Waals surface area contributed by atoms with Gasteiger partial charge in [0.1, 0.15) is 5.75 Å². The van der Waals surface area contributed by atoms with Crippen LogP contribution in [0.4, 0.5) is 0 Å². The van der Waals surface area contributed by atoms with Gasteiger partial charge < -0.3 is 10.1 Å². The van der Waals surface area contributed by atoms with Gasteiger partial charge >= 0.3 is 0 Å². The van der Waals surface area contributed by atoms with E-state index in [0.29, 0.717) is 12.3 Å². The van der Waals surface area contributed by atoms with Crippen LogP contribution in [0.3, 0.4) is 0 Å². The van der Waals surface area contributed by atoms with Crippen LogP contribution in [0, 0.1) is 0 Å². The Labute approximate surface area is 166 Å². The molecule has 1 fully saturated rings. The number of ether oxygens (including phenoxy) is 1. The molecule has 1 saturated heterocycles. The lowest BCUT2D eigenvalue weighted by atomic mass is 10.2. The fraction of sp³-hybridized carbons (Fsp3) is 0.400. The first-order valence-electron chi connectivity index (χ1n) is 9.16. The molecule has 1 heterocycles. The van der Waals surface area contributed by atoms with Crippen molar-refractivity contribution < 1.29 is 21.6 Å². The van der Waals surface area contributed by atoms with Gasteiger partial charge in [0, 0.05) is 12.6 Å². The Kier molecular flexibility index (Phi) is 6.12. The minimum Gasteiger partial charge on any atom is -0.491 e. The summed E-state index contributed by atoms with van der Waals surface area (Å²) in [6.07, 6.45) is -0.0194. The summed E-state index contributed by atoms with van der Waals surface area (Å²) in [6, 6.07) is 15.0. The lowest BCUT2D eigenvalue weighted by molar-refractivity contribution is 0.242. The van der Waals surface area contributed by atoms with E-state index >= 15 is 0 Å². The number of hydrogen-bond donors (Lipinski definition) is 1. The summed E-state index contributed by atoms with van der Waals surface area (Å²) >= 11 is 0. The zero-order valence-electron chi connectivity index (χ0n) is 15.9. The highest BCUT2D eigenvalue weighted by molar-refractivity contribution is 7.96. The predicted molar refractivity (Wildman–Crippen MR) is 109 cm³/mol. The smallest absolute Gasteiger partial charge is 0.183 e. The number of benzene rings is 2. The van der Waals surface area contributed by atoms with Gasteiger partial charge in [0.15, 0.2) is 19.7 Å². The van der Waals surface area contributed by atoms with E-state index in [1.54, 1.807) is 12.1 Å². The molecule has 2 aromatic rings. The van der Waals surface area contributed by atoms with Crippen molar-refractivity contribution in [3.05, 3.63) is 60.2 Å². The van der Waals surface area contributed by atoms with Crippen LogP contribution < -0.4 is 10.1 Å². The third-order valence-electron chi connectivity index (χ3n) is 4.63. The Balaban J connectivity index is 1.81. The standard InChI is InChI=1S/C20H25NO5S2/c1-15(2)26-17-8-10-18(11-9-17)28(24,25)20-14-27(22,23)13-19(20)21-12-16-6-4-3-5-7-16/h3-11,15,19-21H,12-14H2,1-2H3/t19-,20-/m0/s1. The summed E-state index contributed by atoms with van der Waals surface area (Å²) in [4.78, 5) is 0.109. The molecule has 28 heavy (non-hydrogen) atoms. The largest absolute Gasteiger partial charge is 0.491 e. The fourth-order valence-electron chi connectivity index (χ4n) is 3.31. The molecule has 0 radical (unpaired) electrons. The van der Waals surface area contributed by atoms with E-state index < -0.39 is 31.0 Å². The normalized spacial score (nSPS) is 21.7. The maximum atomic E-state index is 13.1. The monoisotopic (exact) mass is 423 g/mol. The van der Waals surface area contributed by atoms with Gasteiger partial charge in [-0.05, 0) is 43.7 Å². The Hall–Kier alpha value is -1.90. The number of nitrogens with one attached hydrogen (secondary N) is 1. The van der Waals surface area contributed by atoms with Crippen LogP contribution in [0.1, 0.15) is 19.4 Å². The van der Waals surface area contributed by atoms with E-state index in [4.69, 9.17) is 4.74 Å². The highest BCUT2D eigenvalue weighted by Gasteiger charge is 2.45. The molecule has 2 aromatic carbocycles. The van der Waals surface area contributed by atoms with Gasteiger partial charge in [0.25, 0.3) is 0 Å². The first-order valence-corrected chi connectivity index (χ1v) is 12.5. The Morgan fingerprint density at radius 3 is 2.29 bits per heavy atom. The van der Waals surface area contributed by atoms with E-state index in [-0.39, 0.29) is 22.5 Å². The first-order chi connectivity index (χ1) is 13.2.